The topological polar surface area (TPSA) is 104 Å². The number of carbonyl (C=O) groups excluding carboxylic acids is 2. The van der Waals surface area contributed by atoms with Crippen molar-refractivity contribution in [2.24, 2.45) is 0 Å². The predicted octanol–water partition coefficient (Wildman–Crippen LogP) is 4.79. The number of fused-ring (bicyclic) bond motifs is 3. The molecule has 0 unspecified atom stereocenters. The number of aromatic nitrogens is 3. The van der Waals surface area contributed by atoms with Crippen LogP contribution in [0.4, 0.5) is 5.69 Å². The van der Waals surface area contributed by atoms with Gasteiger partial charge in [-0.05, 0) is 31.4 Å². The van der Waals surface area contributed by atoms with Gasteiger partial charge < -0.3 is 14.2 Å². The number of rotatable bonds is 5. The molecule has 3 aromatic rings. The number of ether oxygens (including phenoxy) is 3. The largest absolute Gasteiger partial charge is 0.490 e. The van der Waals surface area contributed by atoms with Gasteiger partial charge in [-0.1, -0.05) is 45.9 Å². The fourth-order valence-electron chi connectivity index (χ4n) is 3.63. The summed E-state index contributed by atoms with van der Waals surface area (Å²) in [4.78, 5) is 31.0. The Labute approximate surface area is 209 Å². The van der Waals surface area contributed by atoms with Gasteiger partial charge in [0.25, 0.3) is 0 Å². The van der Waals surface area contributed by atoms with Crippen LogP contribution in [0.3, 0.4) is 0 Å². The number of carbonyl (C=O) groups is 2. The van der Waals surface area contributed by atoms with Crippen LogP contribution >= 0.6 is 27.7 Å². The summed E-state index contributed by atoms with van der Waals surface area (Å²) >= 11 is 4.81. The monoisotopic (exact) mass is 544 g/mol. The highest BCUT2D eigenvalue weighted by Gasteiger charge is 2.37. The molecule has 0 aliphatic carbocycles. The van der Waals surface area contributed by atoms with Gasteiger partial charge in [0.15, 0.2) is 17.2 Å². The molecule has 9 nitrogen and oxygen atoms in total. The van der Waals surface area contributed by atoms with E-state index in [1.54, 1.807) is 18.2 Å². The molecule has 2 aromatic carbocycles. The second-order valence-electron chi connectivity index (χ2n) is 7.18. The smallest absolute Gasteiger partial charge is 0.308 e. The summed E-state index contributed by atoms with van der Waals surface area (Å²) in [5, 5.41) is 8.90. The third-order valence-corrected chi connectivity index (χ3v) is 5.89. The van der Waals surface area contributed by atoms with Crippen LogP contribution in [-0.2, 0) is 9.59 Å². The maximum Gasteiger partial charge on any atom is 0.308 e. The van der Waals surface area contributed by atoms with Gasteiger partial charge in [-0.25, -0.2) is 0 Å². The minimum atomic E-state index is -1.04. The van der Waals surface area contributed by atoms with Crippen LogP contribution in [0.2, 0.25) is 0 Å². The van der Waals surface area contributed by atoms with E-state index in [1.807, 2.05) is 31.4 Å². The predicted molar refractivity (Wildman–Crippen MR) is 130 cm³/mol. The van der Waals surface area contributed by atoms with Crippen molar-refractivity contribution in [3.05, 3.63) is 46.4 Å². The number of esters is 1. The Hall–Kier alpha value is -3.18. The molecule has 1 aromatic heterocycles. The minimum Gasteiger partial charge on any atom is -0.490 e. The molecule has 4 rings (SSSR count). The average molecular weight is 545 g/mol. The van der Waals surface area contributed by atoms with Crippen LogP contribution in [0.5, 0.6) is 17.4 Å². The number of halogens is 1. The first-order valence-corrected chi connectivity index (χ1v) is 12.3. The van der Waals surface area contributed by atoms with E-state index in [4.69, 9.17) is 14.2 Å². The summed E-state index contributed by atoms with van der Waals surface area (Å²) in [6.45, 7) is 4.89. The minimum absolute atomic E-state index is 0.154. The molecule has 1 amide bonds. The zero-order valence-electron chi connectivity index (χ0n) is 18.9. The molecule has 1 aliphatic heterocycles. The van der Waals surface area contributed by atoms with Gasteiger partial charge in [0.2, 0.25) is 23.2 Å². The molecule has 0 saturated carbocycles. The Bertz CT molecular complexity index is 1270. The quantitative estimate of drug-likeness (QED) is 0.254. The van der Waals surface area contributed by atoms with Gasteiger partial charge >= 0.3 is 5.97 Å². The number of amides is 1. The summed E-state index contributed by atoms with van der Waals surface area (Å²) in [5.74, 6) is -0.149. The molecule has 176 valence electrons. The fraction of sp³-hybridized carbons (Fsp3) is 0.261. The van der Waals surface area contributed by atoms with Gasteiger partial charge in [-0.15, -0.1) is 10.2 Å². The third-order valence-electron chi connectivity index (χ3n) is 4.89. The number of thioether (sulfide) groups is 1. The molecule has 0 bridgehead atoms. The van der Waals surface area contributed by atoms with E-state index >= 15 is 0 Å². The molecule has 0 saturated heterocycles. The highest BCUT2D eigenvalue weighted by atomic mass is 79.9. The lowest BCUT2D eigenvalue weighted by atomic mass is 10.1. The molecule has 1 aliphatic rings. The van der Waals surface area contributed by atoms with Crippen LogP contribution in [0.15, 0.2) is 46.0 Å². The van der Waals surface area contributed by atoms with Crippen LogP contribution < -0.4 is 19.1 Å². The average Bonchev–Trinajstić information content (AvgIpc) is 2.94. The molecule has 0 spiro atoms. The highest BCUT2D eigenvalue weighted by molar-refractivity contribution is 9.10. The van der Waals surface area contributed by atoms with Gasteiger partial charge in [0.1, 0.15) is 0 Å². The number of anilines is 1. The highest BCUT2D eigenvalue weighted by Crippen LogP contribution is 2.47. The second kappa shape index (κ2) is 9.98. The Morgan fingerprint density at radius 3 is 2.65 bits per heavy atom. The lowest BCUT2D eigenvalue weighted by Crippen LogP contribution is -2.36. The number of benzene rings is 2. The summed E-state index contributed by atoms with van der Waals surface area (Å²) in [6, 6.07) is 10.7. The van der Waals surface area contributed by atoms with E-state index in [1.165, 1.54) is 30.5 Å². The van der Waals surface area contributed by atoms with Crippen molar-refractivity contribution in [3.63, 3.8) is 0 Å². The van der Waals surface area contributed by atoms with Crippen molar-refractivity contribution in [3.8, 4) is 28.6 Å². The summed E-state index contributed by atoms with van der Waals surface area (Å²) in [6.07, 6.45) is 0.784. The van der Waals surface area contributed by atoms with E-state index in [0.717, 1.165) is 0 Å². The molecule has 0 N–H and O–H groups in total. The molecule has 1 atom stereocenters. The third kappa shape index (κ3) is 4.58. The first-order chi connectivity index (χ1) is 16.3. The van der Waals surface area contributed by atoms with Crippen LogP contribution in [0.1, 0.15) is 32.6 Å². The standard InChI is InChI=1S/C23H21BrN4O5S/c1-5-31-18-11-14(24)10-16(20(18)32-13(3)30)22-28(12(2)29)17-9-7-6-8-15(17)19-21(33-22)25-23(34-4)27-26-19/h6-11,22H,5H2,1-4H3/t22-/m0/s1. The molecule has 34 heavy (non-hydrogen) atoms. The Balaban J connectivity index is 2.02. The molecule has 2 heterocycles. The van der Waals surface area contributed by atoms with Gasteiger partial charge in [0.05, 0.1) is 17.9 Å². The Kier molecular flexibility index (Phi) is 7.03. The zero-order valence-corrected chi connectivity index (χ0v) is 21.3. The zero-order chi connectivity index (χ0) is 24.4. The molecule has 0 radical (unpaired) electrons. The lowest BCUT2D eigenvalue weighted by Gasteiger charge is -2.31. The van der Waals surface area contributed by atoms with Crippen molar-refractivity contribution in [2.45, 2.75) is 32.2 Å². The summed E-state index contributed by atoms with van der Waals surface area (Å²) in [5.41, 5.74) is 1.99. The molecular weight excluding hydrogens is 524 g/mol. The Morgan fingerprint density at radius 1 is 1.21 bits per heavy atom. The van der Waals surface area contributed by atoms with E-state index in [9.17, 15) is 9.59 Å². The van der Waals surface area contributed by atoms with Crippen molar-refractivity contribution >= 4 is 45.3 Å². The van der Waals surface area contributed by atoms with Crippen LogP contribution in [0, 0.1) is 0 Å². The summed E-state index contributed by atoms with van der Waals surface area (Å²) < 4.78 is 18.3. The fourth-order valence-corrected chi connectivity index (χ4v) is 4.38. The van der Waals surface area contributed by atoms with E-state index in [0.29, 0.717) is 44.5 Å². The SMILES string of the molecule is CCOc1cc(Br)cc([C@@H]2Oc3nc(SC)nnc3-c3ccccc3N2C(C)=O)c1OC(C)=O. The Morgan fingerprint density at radius 2 is 1.97 bits per heavy atom. The van der Waals surface area contributed by atoms with E-state index in [2.05, 4.69) is 31.1 Å². The maximum absolute atomic E-state index is 13.0. The summed E-state index contributed by atoms with van der Waals surface area (Å²) in [7, 11) is 0. The first kappa shape index (κ1) is 24.0. The van der Waals surface area contributed by atoms with E-state index < -0.39 is 12.2 Å². The first-order valence-electron chi connectivity index (χ1n) is 10.3. The second-order valence-corrected chi connectivity index (χ2v) is 8.87. The molecule has 11 heteroatoms. The van der Waals surface area contributed by atoms with Gasteiger partial charge in [-0.2, -0.15) is 4.98 Å². The van der Waals surface area contributed by atoms with Crippen molar-refractivity contribution in [2.75, 3.05) is 17.8 Å². The van der Waals surface area contributed by atoms with Crippen molar-refractivity contribution < 1.29 is 23.8 Å². The number of hydrogen-bond acceptors (Lipinski definition) is 9. The molecule has 0 fully saturated rings. The van der Waals surface area contributed by atoms with Gasteiger partial charge in [0, 0.05) is 23.9 Å². The number of para-hydroxylation sites is 1. The number of hydrogen-bond donors (Lipinski definition) is 0. The van der Waals surface area contributed by atoms with Gasteiger partial charge in [-0.3, -0.25) is 14.5 Å². The van der Waals surface area contributed by atoms with E-state index in [-0.39, 0.29) is 17.5 Å². The van der Waals surface area contributed by atoms with Crippen molar-refractivity contribution in [1.82, 2.24) is 15.2 Å². The van der Waals surface area contributed by atoms with Crippen LogP contribution in [-0.4, -0.2) is 39.9 Å². The molecular formula is C23H21BrN4O5S. The lowest BCUT2D eigenvalue weighted by molar-refractivity contribution is -0.132. The number of nitrogens with zero attached hydrogens (tertiary/aromatic N) is 4. The van der Waals surface area contributed by atoms with Crippen LogP contribution in [0.25, 0.3) is 11.3 Å². The van der Waals surface area contributed by atoms with Crippen molar-refractivity contribution in [1.29, 1.82) is 0 Å². The normalized spacial score (nSPS) is 14.4. The maximum atomic E-state index is 13.0.